The largest absolute Gasteiger partial charge is 0.479 e. The van der Waals surface area contributed by atoms with E-state index in [1.165, 1.54) is 0 Å². The molecule has 10 atom stereocenters. The molecule has 12 nitrogen and oxygen atoms in total. The molecule has 0 aromatic carbocycles. The topological polar surface area (TPSA) is 207 Å². The molecular formula is C12H20O12. The van der Waals surface area contributed by atoms with Crippen molar-refractivity contribution in [2.45, 2.75) is 61.4 Å². The number of rotatable bonds is 4. The highest BCUT2D eigenvalue weighted by Crippen LogP contribution is 2.25. The summed E-state index contributed by atoms with van der Waals surface area (Å²) in [4.78, 5) is 11.0. The van der Waals surface area contributed by atoms with Gasteiger partial charge in [0.1, 0.15) is 42.7 Å². The fourth-order valence-corrected chi connectivity index (χ4v) is 2.45. The highest BCUT2D eigenvalue weighted by Gasteiger charge is 2.49. The third-order valence-corrected chi connectivity index (χ3v) is 3.92. The maximum atomic E-state index is 11.0. The lowest BCUT2D eigenvalue weighted by Gasteiger charge is -2.41. The van der Waals surface area contributed by atoms with Crippen LogP contribution in [0, 0.1) is 0 Å². The van der Waals surface area contributed by atoms with E-state index in [4.69, 9.17) is 19.3 Å². The lowest BCUT2D eigenvalue weighted by atomic mass is 9.98. The summed E-state index contributed by atoms with van der Waals surface area (Å²) in [7, 11) is 0. The molecule has 0 spiro atoms. The van der Waals surface area contributed by atoms with Gasteiger partial charge >= 0.3 is 5.97 Å². The Morgan fingerprint density at radius 1 is 0.792 bits per heavy atom. The van der Waals surface area contributed by atoms with Crippen molar-refractivity contribution in [3.8, 4) is 0 Å². The number of aliphatic carboxylic acids is 1. The van der Waals surface area contributed by atoms with Crippen molar-refractivity contribution in [3.63, 3.8) is 0 Å². The van der Waals surface area contributed by atoms with Crippen LogP contribution in [0.5, 0.6) is 0 Å². The van der Waals surface area contributed by atoms with Crippen LogP contribution in [-0.2, 0) is 19.0 Å². The van der Waals surface area contributed by atoms with Crippen molar-refractivity contribution >= 4 is 5.97 Å². The molecule has 0 aromatic heterocycles. The zero-order chi connectivity index (χ0) is 18.2. The number of carbonyl (C=O) groups is 1. The van der Waals surface area contributed by atoms with Gasteiger partial charge in [0.15, 0.2) is 18.7 Å². The quantitative estimate of drug-likeness (QED) is 0.238. The van der Waals surface area contributed by atoms with E-state index in [2.05, 4.69) is 0 Å². The van der Waals surface area contributed by atoms with Gasteiger partial charge in [0.25, 0.3) is 0 Å². The van der Waals surface area contributed by atoms with Crippen molar-refractivity contribution in [2.75, 3.05) is 6.61 Å². The molecule has 8 N–H and O–H groups in total. The number of aliphatic hydroxyl groups excluding tert-OH is 7. The first-order valence-electron chi connectivity index (χ1n) is 7.07. The van der Waals surface area contributed by atoms with Gasteiger partial charge in [-0.25, -0.2) is 4.79 Å². The van der Waals surface area contributed by atoms with Crippen LogP contribution in [-0.4, -0.2) is 115 Å². The fourth-order valence-electron chi connectivity index (χ4n) is 2.45. The highest BCUT2D eigenvalue weighted by molar-refractivity contribution is 5.73. The minimum atomic E-state index is -1.88. The summed E-state index contributed by atoms with van der Waals surface area (Å²) in [5.74, 6) is -1.59. The predicted molar refractivity (Wildman–Crippen MR) is 69.2 cm³/mol. The first-order chi connectivity index (χ1) is 11.1. The Morgan fingerprint density at radius 2 is 1.38 bits per heavy atom. The molecule has 5 unspecified atom stereocenters. The molecule has 2 aliphatic rings. The van der Waals surface area contributed by atoms with E-state index in [1.54, 1.807) is 0 Å². The van der Waals surface area contributed by atoms with E-state index in [0.717, 1.165) is 0 Å². The monoisotopic (exact) mass is 356 g/mol. The second-order valence-electron chi connectivity index (χ2n) is 5.61. The standard InChI is InChI=1S/C12H20O12/c13-3-2(23-11(21)7(17)4(3)14)1-22-12-8(18)5(15)6(16)9(24-12)10(19)20/h2-9,11-18,21H,1H2,(H,19,20)/t2?,3-,4?,5+,6+,7?,8?,9?,11+,12+/m1/s1. The van der Waals surface area contributed by atoms with Gasteiger partial charge in [-0.1, -0.05) is 0 Å². The number of hydrogen-bond donors (Lipinski definition) is 8. The van der Waals surface area contributed by atoms with Gasteiger partial charge < -0.3 is 55.1 Å². The van der Waals surface area contributed by atoms with Crippen molar-refractivity contribution in [1.29, 1.82) is 0 Å². The van der Waals surface area contributed by atoms with Crippen LogP contribution in [0.25, 0.3) is 0 Å². The Balaban J connectivity index is 1.98. The van der Waals surface area contributed by atoms with Crippen LogP contribution in [0.15, 0.2) is 0 Å². The Kier molecular flexibility index (Phi) is 6.09. The summed E-state index contributed by atoms with van der Waals surface area (Å²) in [5, 5.41) is 75.8. The third-order valence-electron chi connectivity index (χ3n) is 3.92. The van der Waals surface area contributed by atoms with E-state index in [0.29, 0.717) is 0 Å². The van der Waals surface area contributed by atoms with E-state index in [1.807, 2.05) is 0 Å². The number of ether oxygens (including phenoxy) is 3. The Hall–Kier alpha value is -0.930. The predicted octanol–water partition coefficient (Wildman–Crippen LogP) is -5.30. The normalized spacial score (nSPS) is 49.8. The fraction of sp³-hybridized carbons (Fsp3) is 0.917. The van der Waals surface area contributed by atoms with E-state index >= 15 is 0 Å². The second-order valence-corrected chi connectivity index (χ2v) is 5.61. The lowest BCUT2D eigenvalue weighted by molar-refractivity contribution is -0.321. The van der Waals surface area contributed by atoms with Crippen LogP contribution in [0.3, 0.4) is 0 Å². The maximum Gasteiger partial charge on any atom is 0.335 e. The first kappa shape index (κ1) is 19.4. The van der Waals surface area contributed by atoms with Gasteiger partial charge in [0.05, 0.1) is 6.61 Å². The Morgan fingerprint density at radius 3 is 1.96 bits per heavy atom. The minimum Gasteiger partial charge on any atom is -0.479 e. The first-order valence-corrected chi connectivity index (χ1v) is 7.07. The van der Waals surface area contributed by atoms with Gasteiger partial charge in [-0.3, -0.25) is 0 Å². The lowest BCUT2D eigenvalue weighted by Crippen LogP contribution is -2.62. The van der Waals surface area contributed by atoms with Crippen molar-refractivity contribution in [1.82, 2.24) is 0 Å². The summed E-state index contributed by atoms with van der Waals surface area (Å²) in [6.45, 7) is -0.584. The summed E-state index contributed by atoms with van der Waals surface area (Å²) in [6, 6.07) is 0. The van der Waals surface area contributed by atoms with Crippen LogP contribution in [0.4, 0.5) is 0 Å². The molecule has 0 saturated carbocycles. The zero-order valence-electron chi connectivity index (χ0n) is 12.2. The third kappa shape index (κ3) is 3.67. The van der Waals surface area contributed by atoms with E-state index in [-0.39, 0.29) is 0 Å². The number of aliphatic hydroxyl groups is 7. The van der Waals surface area contributed by atoms with E-state index < -0.39 is 74.0 Å². The molecular weight excluding hydrogens is 336 g/mol. The Labute approximate surface area is 135 Å². The van der Waals surface area contributed by atoms with Crippen LogP contribution in [0.2, 0.25) is 0 Å². The molecule has 2 aliphatic heterocycles. The summed E-state index contributed by atoms with van der Waals surface area (Å²) < 4.78 is 14.7. The highest BCUT2D eigenvalue weighted by atomic mass is 16.7. The van der Waals surface area contributed by atoms with Gasteiger partial charge in [0, 0.05) is 0 Å². The molecule has 2 saturated heterocycles. The molecule has 140 valence electrons. The molecule has 0 amide bonds. The maximum absolute atomic E-state index is 11.0. The molecule has 2 rings (SSSR count). The van der Waals surface area contributed by atoms with Gasteiger partial charge in [0.2, 0.25) is 0 Å². The van der Waals surface area contributed by atoms with Crippen LogP contribution < -0.4 is 0 Å². The molecule has 0 radical (unpaired) electrons. The van der Waals surface area contributed by atoms with E-state index in [9.17, 15) is 40.5 Å². The molecule has 2 fully saturated rings. The summed E-state index contributed by atoms with van der Waals surface area (Å²) in [6.07, 6.45) is -17.3. The molecule has 0 aliphatic carbocycles. The zero-order valence-corrected chi connectivity index (χ0v) is 12.2. The van der Waals surface area contributed by atoms with Crippen molar-refractivity contribution < 1.29 is 59.9 Å². The molecule has 2 heterocycles. The second kappa shape index (κ2) is 7.53. The van der Waals surface area contributed by atoms with Gasteiger partial charge in [-0.05, 0) is 0 Å². The number of carboxylic acid groups (broad SMARTS) is 1. The smallest absolute Gasteiger partial charge is 0.335 e. The minimum absolute atomic E-state index is 0.584. The average Bonchev–Trinajstić information content (AvgIpc) is 2.54. The molecule has 12 heteroatoms. The number of hydrogen-bond acceptors (Lipinski definition) is 11. The molecule has 0 aromatic rings. The number of carboxylic acids is 1. The van der Waals surface area contributed by atoms with Crippen molar-refractivity contribution in [2.24, 2.45) is 0 Å². The summed E-state index contributed by atoms with van der Waals surface area (Å²) >= 11 is 0. The van der Waals surface area contributed by atoms with Crippen LogP contribution in [0.1, 0.15) is 0 Å². The molecule has 0 bridgehead atoms. The average molecular weight is 356 g/mol. The SMILES string of the molecule is O=C(O)C1O[C@H](OCC2O[C@H](O)C(O)C(O)[C@@H]2O)C(O)[C@@H](O)[C@@H]1O. The summed E-state index contributed by atoms with van der Waals surface area (Å²) in [5.41, 5.74) is 0. The Bertz CT molecular complexity index is 446. The van der Waals surface area contributed by atoms with Gasteiger partial charge in [-0.15, -0.1) is 0 Å². The van der Waals surface area contributed by atoms with Gasteiger partial charge in [-0.2, -0.15) is 0 Å². The molecule has 24 heavy (non-hydrogen) atoms. The van der Waals surface area contributed by atoms with Crippen molar-refractivity contribution in [3.05, 3.63) is 0 Å². The van der Waals surface area contributed by atoms with Crippen LogP contribution >= 0.6 is 0 Å².